The van der Waals surface area contributed by atoms with Gasteiger partial charge in [0.2, 0.25) is 5.96 Å². The minimum absolute atomic E-state index is 0.283. The molecule has 2 aromatic carbocycles. The number of carbonyl (C=O) groups is 1. The van der Waals surface area contributed by atoms with Gasteiger partial charge in [0.25, 0.3) is 5.91 Å². The van der Waals surface area contributed by atoms with Crippen LogP contribution in [0, 0.1) is 6.92 Å². The molecule has 0 bridgehead atoms. The number of aryl methyl sites for hydroxylation is 1. The quantitative estimate of drug-likeness (QED) is 0.434. The Morgan fingerprint density at radius 1 is 0.906 bits per heavy atom. The van der Waals surface area contributed by atoms with Crippen LogP contribution in [0.1, 0.15) is 21.5 Å². The van der Waals surface area contributed by atoms with Gasteiger partial charge in [0.15, 0.2) is 11.5 Å². The number of ether oxygens (including phenoxy) is 3. The molecule has 0 aliphatic carbocycles. The van der Waals surface area contributed by atoms with Crippen LogP contribution in [0.25, 0.3) is 0 Å². The summed E-state index contributed by atoms with van der Waals surface area (Å²) in [7, 11) is 4.65. The van der Waals surface area contributed by atoms with E-state index in [9.17, 15) is 4.79 Å². The number of amides is 1. The molecule has 0 aliphatic heterocycles. The van der Waals surface area contributed by atoms with E-state index in [1.807, 2.05) is 37.3 Å². The molecule has 0 saturated carbocycles. The highest BCUT2D eigenvalue weighted by molar-refractivity contribution is 6.10. The molecular weight excluding hydrogens is 408 g/mol. The van der Waals surface area contributed by atoms with E-state index in [1.165, 1.54) is 7.11 Å². The third kappa shape index (κ3) is 5.75. The highest BCUT2D eigenvalue weighted by Crippen LogP contribution is 2.28. The first-order chi connectivity index (χ1) is 15.5. The molecule has 166 valence electrons. The van der Waals surface area contributed by atoms with Gasteiger partial charge in [-0.25, -0.2) is 4.99 Å². The van der Waals surface area contributed by atoms with Gasteiger partial charge in [-0.2, -0.15) is 0 Å². The number of methoxy groups -OCH3 is 3. The molecule has 0 spiro atoms. The minimum Gasteiger partial charge on any atom is -0.495 e. The first-order valence-corrected chi connectivity index (χ1v) is 9.92. The molecule has 8 heteroatoms. The summed E-state index contributed by atoms with van der Waals surface area (Å²) < 4.78 is 16.0. The Kier molecular flexibility index (Phi) is 7.64. The average Bonchev–Trinajstić information content (AvgIpc) is 2.82. The smallest absolute Gasteiger partial charge is 0.258 e. The zero-order chi connectivity index (χ0) is 22.9. The Morgan fingerprint density at radius 2 is 1.59 bits per heavy atom. The maximum Gasteiger partial charge on any atom is 0.258 e. The van der Waals surface area contributed by atoms with Crippen LogP contribution in [0.3, 0.4) is 0 Å². The second-order valence-electron chi connectivity index (χ2n) is 6.87. The SMILES string of the molecule is COc1ccc(C)cc1NC(=NCc1ccncc1)NC(=O)c1ccc(OC)c(OC)c1. The Hall–Kier alpha value is -4.07. The van der Waals surface area contributed by atoms with Crippen molar-refractivity contribution in [2.24, 2.45) is 4.99 Å². The van der Waals surface area contributed by atoms with Crippen LogP contribution in [-0.4, -0.2) is 38.2 Å². The van der Waals surface area contributed by atoms with E-state index in [2.05, 4.69) is 20.6 Å². The normalized spacial score (nSPS) is 10.9. The van der Waals surface area contributed by atoms with Gasteiger partial charge in [0.1, 0.15) is 5.75 Å². The number of anilines is 1. The van der Waals surface area contributed by atoms with E-state index in [4.69, 9.17) is 14.2 Å². The maximum absolute atomic E-state index is 13.0. The Labute approximate surface area is 187 Å². The van der Waals surface area contributed by atoms with Crippen LogP contribution >= 0.6 is 0 Å². The van der Waals surface area contributed by atoms with E-state index < -0.39 is 0 Å². The van der Waals surface area contributed by atoms with Crippen LogP contribution in [0.4, 0.5) is 5.69 Å². The van der Waals surface area contributed by atoms with Gasteiger partial charge in [-0.05, 0) is 60.5 Å². The topological polar surface area (TPSA) is 94.1 Å². The maximum atomic E-state index is 13.0. The summed E-state index contributed by atoms with van der Waals surface area (Å²) in [5, 5.41) is 6.03. The fraction of sp³-hybridized carbons (Fsp3) is 0.208. The molecule has 1 amide bonds. The number of aromatic nitrogens is 1. The third-order valence-corrected chi connectivity index (χ3v) is 4.65. The monoisotopic (exact) mass is 434 g/mol. The molecule has 1 aromatic heterocycles. The summed E-state index contributed by atoms with van der Waals surface area (Å²) in [5.74, 6) is 1.57. The molecule has 3 rings (SSSR count). The number of aliphatic imine (C=N–C) groups is 1. The molecule has 3 aromatic rings. The van der Waals surface area contributed by atoms with E-state index in [0.29, 0.717) is 35.0 Å². The van der Waals surface area contributed by atoms with E-state index in [1.54, 1.807) is 44.8 Å². The van der Waals surface area contributed by atoms with Gasteiger partial charge in [-0.15, -0.1) is 0 Å². The van der Waals surface area contributed by atoms with Crippen molar-refractivity contribution in [2.45, 2.75) is 13.5 Å². The number of nitrogens with one attached hydrogen (secondary N) is 2. The van der Waals surface area contributed by atoms with Gasteiger partial charge in [-0.1, -0.05) is 6.07 Å². The van der Waals surface area contributed by atoms with Crippen molar-refractivity contribution in [3.63, 3.8) is 0 Å². The summed E-state index contributed by atoms with van der Waals surface area (Å²) in [6.45, 7) is 2.33. The zero-order valence-corrected chi connectivity index (χ0v) is 18.5. The number of rotatable bonds is 7. The molecule has 0 saturated heterocycles. The van der Waals surface area contributed by atoms with Crippen LogP contribution in [-0.2, 0) is 6.54 Å². The van der Waals surface area contributed by atoms with Crippen LogP contribution in [0.5, 0.6) is 17.2 Å². The fourth-order valence-electron chi connectivity index (χ4n) is 2.97. The lowest BCUT2D eigenvalue weighted by Gasteiger charge is -2.15. The number of hydrogen-bond donors (Lipinski definition) is 2. The number of guanidine groups is 1. The van der Waals surface area contributed by atoms with Crippen molar-refractivity contribution in [1.82, 2.24) is 10.3 Å². The molecule has 2 N–H and O–H groups in total. The molecule has 0 aliphatic rings. The predicted molar refractivity (Wildman–Crippen MR) is 124 cm³/mol. The number of pyridine rings is 1. The van der Waals surface area contributed by atoms with E-state index in [-0.39, 0.29) is 11.9 Å². The molecule has 0 radical (unpaired) electrons. The Morgan fingerprint density at radius 3 is 2.28 bits per heavy atom. The molecule has 0 atom stereocenters. The van der Waals surface area contributed by atoms with E-state index in [0.717, 1.165) is 11.1 Å². The molecule has 32 heavy (non-hydrogen) atoms. The van der Waals surface area contributed by atoms with Gasteiger partial charge >= 0.3 is 0 Å². The second-order valence-corrected chi connectivity index (χ2v) is 6.87. The fourth-order valence-corrected chi connectivity index (χ4v) is 2.97. The Balaban J connectivity index is 1.88. The lowest BCUT2D eigenvalue weighted by atomic mass is 10.2. The molecule has 8 nitrogen and oxygen atoms in total. The minimum atomic E-state index is -0.349. The molecule has 1 heterocycles. The average molecular weight is 434 g/mol. The van der Waals surface area contributed by atoms with Crippen LogP contribution in [0.2, 0.25) is 0 Å². The first-order valence-electron chi connectivity index (χ1n) is 9.92. The van der Waals surface area contributed by atoms with Crippen molar-refractivity contribution in [2.75, 3.05) is 26.6 Å². The number of carbonyl (C=O) groups excluding carboxylic acids is 1. The Bertz CT molecular complexity index is 1100. The predicted octanol–water partition coefficient (Wildman–Crippen LogP) is 3.81. The van der Waals surface area contributed by atoms with Crippen LogP contribution in [0.15, 0.2) is 65.9 Å². The van der Waals surface area contributed by atoms with Crippen molar-refractivity contribution in [3.8, 4) is 17.2 Å². The third-order valence-electron chi connectivity index (χ3n) is 4.65. The summed E-state index contributed by atoms with van der Waals surface area (Å²) in [5.41, 5.74) is 3.08. The molecule has 0 fully saturated rings. The summed E-state index contributed by atoms with van der Waals surface area (Å²) in [4.78, 5) is 21.6. The summed E-state index contributed by atoms with van der Waals surface area (Å²) in [6, 6.07) is 14.4. The summed E-state index contributed by atoms with van der Waals surface area (Å²) >= 11 is 0. The zero-order valence-electron chi connectivity index (χ0n) is 18.5. The van der Waals surface area contributed by atoms with Gasteiger partial charge < -0.3 is 19.5 Å². The lowest BCUT2D eigenvalue weighted by molar-refractivity contribution is 0.0976. The highest BCUT2D eigenvalue weighted by atomic mass is 16.5. The molecule has 0 unspecified atom stereocenters. The first kappa shape index (κ1) is 22.6. The van der Waals surface area contributed by atoms with Crippen molar-refractivity contribution >= 4 is 17.6 Å². The van der Waals surface area contributed by atoms with Gasteiger partial charge in [-0.3, -0.25) is 15.1 Å². The van der Waals surface area contributed by atoms with E-state index >= 15 is 0 Å². The summed E-state index contributed by atoms with van der Waals surface area (Å²) in [6.07, 6.45) is 3.40. The molecular formula is C24H26N4O4. The largest absolute Gasteiger partial charge is 0.495 e. The van der Waals surface area contributed by atoms with Gasteiger partial charge in [0, 0.05) is 18.0 Å². The lowest BCUT2D eigenvalue weighted by Crippen LogP contribution is -2.36. The number of benzene rings is 2. The van der Waals surface area contributed by atoms with Gasteiger partial charge in [0.05, 0.1) is 33.6 Å². The van der Waals surface area contributed by atoms with Crippen molar-refractivity contribution in [1.29, 1.82) is 0 Å². The number of nitrogens with zero attached hydrogens (tertiary/aromatic N) is 2. The second kappa shape index (κ2) is 10.8. The highest BCUT2D eigenvalue weighted by Gasteiger charge is 2.14. The van der Waals surface area contributed by atoms with Crippen LogP contribution < -0.4 is 24.8 Å². The van der Waals surface area contributed by atoms with Crippen molar-refractivity contribution < 1.29 is 19.0 Å². The standard InChI is InChI=1S/C24H26N4O4/c1-16-5-7-20(30-2)19(13-16)27-24(26-15-17-9-11-25-12-10-17)28-23(29)18-6-8-21(31-3)22(14-18)32-4/h5-14H,15H2,1-4H3,(H2,26,27,28,29). The number of hydrogen-bond acceptors (Lipinski definition) is 6. The van der Waals surface area contributed by atoms with Crippen molar-refractivity contribution in [3.05, 3.63) is 77.6 Å².